The summed E-state index contributed by atoms with van der Waals surface area (Å²) in [4.78, 5) is 29.7. The molecule has 7 heteroatoms. The number of rotatable bonds is 4. The highest BCUT2D eigenvalue weighted by molar-refractivity contribution is 5.93. The number of carboxylic acids is 1. The fraction of sp³-hybridized carbons (Fsp3) is 0.444. The number of likely N-dealkylation sites (tertiary alicyclic amines) is 1. The Kier molecular flexibility index (Phi) is 4.57. The van der Waals surface area contributed by atoms with E-state index in [9.17, 15) is 14.7 Å². The maximum Gasteiger partial charge on any atom is 0.326 e. The number of para-hydroxylation sites is 1. The first-order valence-corrected chi connectivity index (χ1v) is 8.47. The summed E-state index contributed by atoms with van der Waals surface area (Å²) in [5, 5.41) is 13.7. The van der Waals surface area contributed by atoms with E-state index in [2.05, 4.69) is 23.9 Å². The Hall–Kier alpha value is -2.70. The second-order valence-electron chi connectivity index (χ2n) is 6.60. The van der Waals surface area contributed by atoms with Crippen molar-refractivity contribution in [3.63, 3.8) is 0 Å². The minimum Gasteiger partial charge on any atom is -0.480 e. The molecule has 7 nitrogen and oxygen atoms in total. The Morgan fingerprint density at radius 1 is 1.28 bits per heavy atom. The lowest BCUT2D eigenvalue weighted by Gasteiger charge is -2.19. The number of amides is 1. The van der Waals surface area contributed by atoms with Gasteiger partial charge in [-0.15, -0.1) is 5.10 Å². The molecule has 1 unspecified atom stereocenters. The molecule has 2 aromatic rings. The highest BCUT2D eigenvalue weighted by Crippen LogP contribution is 2.24. The molecule has 3 rings (SSSR count). The largest absolute Gasteiger partial charge is 0.480 e. The molecule has 1 saturated heterocycles. The van der Waals surface area contributed by atoms with Gasteiger partial charge in [-0.2, -0.15) is 0 Å². The highest BCUT2D eigenvalue weighted by Gasteiger charge is 2.36. The van der Waals surface area contributed by atoms with Crippen molar-refractivity contribution in [2.24, 2.45) is 0 Å². The molecule has 1 aliphatic heterocycles. The van der Waals surface area contributed by atoms with Gasteiger partial charge in [0.1, 0.15) is 11.9 Å². The van der Waals surface area contributed by atoms with Crippen molar-refractivity contribution in [3.05, 3.63) is 41.5 Å². The quantitative estimate of drug-likeness (QED) is 0.921. The number of aromatic nitrogens is 3. The Bertz CT molecular complexity index is 812. The van der Waals surface area contributed by atoms with Gasteiger partial charge in [-0.3, -0.25) is 4.79 Å². The number of benzene rings is 1. The van der Waals surface area contributed by atoms with Gasteiger partial charge in [0.05, 0.1) is 5.69 Å². The number of aryl methyl sites for hydroxylation is 1. The van der Waals surface area contributed by atoms with Crippen LogP contribution in [0.1, 0.15) is 54.6 Å². The molecule has 0 spiro atoms. The van der Waals surface area contributed by atoms with Crippen LogP contribution in [0, 0.1) is 6.92 Å². The van der Waals surface area contributed by atoms with Crippen LogP contribution in [-0.2, 0) is 4.79 Å². The van der Waals surface area contributed by atoms with E-state index in [1.54, 1.807) is 11.6 Å². The molecule has 0 saturated carbocycles. The fourth-order valence-electron chi connectivity index (χ4n) is 3.27. The zero-order valence-corrected chi connectivity index (χ0v) is 14.6. The third-order valence-electron chi connectivity index (χ3n) is 4.55. The number of nitrogens with zero attached hydrogens (tertiary/aromatic N) is 4. The van der Waals surface area contributed by atoms with Crippen molar-refractivity contribution >= 4 is 11.9 Å². The van der Waals surface area contributed by atoms with E-state index in [4.69, 9.17) is 0 Å². The molecule has 1 aliphatic rings. The van der Waals surface area contributed by atoms with E-state index < -0.39 is 17.9 Å². The van der Waals surface area contributed by atoms with E-state index in [1.165, 1.54) is 4.90 Å². The monoisotopic (exact) mass is 342 g/mol. The molecule has 2 heterocycles. The minimum absolute atomic E-state index is 0.0456. The summed E-state index contributed by atoms with van der Waals surface area (Å²) in [6.45, 7) is 6.41. The summed E-state index contributed by atoms with van der Waals surface area (Å²) in [5.41, 5.74) is 2.00. The van der Waals surface area contributed by atoms with Crippen LogP contribution in [0.25, 0.3) is 5.69 Å². The second-order valence-corrected chi connectivity index (χ2v) is 6.60. The molecule has 1 amide bonds. The van der Waals surface area contributed by atoms with E-state index in [0.717, 1.165) is 11.3 Å². The maximum atomic E-state index is 12.7. The Balaban J connectivity index is 1.96. The van der Waals surface area contributed by atoms with Crippen molar-refractivity contribution in [3.8, 4) is 5.69 Å². The van der Waals surface area contributed by atoms with E-state index in [0.29, 0.717) is 31.1 Å². The number of hydrogen-bond acceptors (Lipinski definition) is 4. The van der Waals surface area contributed by atoms with Crippen LogP contribution in [0.3, 0.4) is 0 Å². The summed E-state index contributed by atoms with van der Waals surface area (Å²) in [6, 6.07) is 7.08. The zero-order valence-electron chi connectivity index (χ0n) is 14.6. The summed E-state index contributed by atoms with van der Waals surface area (Å²) >= 11 is 0. The van der Waals surface area contributed by atoms with Gasteiger partial charge in [0.15, 0.2) is 0 Å². The molecule has 0 radical (unpaired) electrons. The van der Waals surface area contributed by atoms with Crippen LogP contribution in [0.4, 0.5) is 0 Å². The lowest BCUT2D eigenvalue weighted by atomic mass is 10.0. The Morgan fingerprint density at radius 3 is 2.68 bits per heavy atom. The topological polar surface area (TPSA) is 88.3 Å². The molecule has 0 bridgehead atoms. The standard InChI is InChI=1S/C18H22N4O3/c1-11(2)13-7-4-5-8-14(13)22-12(3)19-16(20-22)17(23)21-10-6-9-15(21)18(24)25/h4-5,7-8,11,15H,6,9-10H2,1-3H3,(H,24,25). The van der Waals surface area contributed by atoms with Crippen LogP contribution < -0.4 is 0 Å². The molecular formula is C18H22N4O3. The van der Waals surface area contributed by atoms with Gasteiger partial charge in [0.25, 0.3) is 5.91 Å². The van der Waals surface area contributed by atoms with Crippen molar-refractivity contribution in [1.29, 1.82) is 0 Å². The average Bonchev–Trinajstić information content (AvgIpc) is 3.21. The number of carboxylic acid groups (broad SMARTS) is 1. The van der Waals surface area contributed by atoms with Gasteiger partial charge >= 0.3 is 5.97 Å². The van der Waals surface area contributed by atoms with Crippen LogP contribution in [0.15, 0.2) is 24.3 Å². The molecule has 1 N–H and O–H groups in total. The third kappa shape index (κ3) is 3.14. The predicted molar refractivity (Wildman–Crippen MR) is 91.9 cm³/mol. The average molecular weight is 342 g/mol. The minimum atomic E-state index is -0.979. The number of aliphatic carboxylic acids is 1. The molecular weight excluding hydrogens is 320 g/mol. The van der Waals surface area contributed by atoms with Crippen molar-refractivity contribution in [2.45, 2.75) is 45.6 Å². The first kappa shape index (κ1) is 17.1. The van der Waals surface area contributed by atoms with E-state index in [1.807, 2.05) is 24.3 Å². The van der Waals surface area contributed by atoms with Crippen LogP contribution >= 0.6 is 0 Å². The second kappa shape index (κ2) is 6.66. The van der Waals surface area contributed by atoms with Crippen LogP contribution in [0.5, 0.6) is 0 Å². The van der Waals surface area contributed by atoms with Crippen LogP contribution in [-0.4, -0.2) is 49.2 Å². The summed E-state index contributed by atoms with van der Waals surface area (Å²) in [6.07, 6.45) is 1.15. The zero-order chi connectivity index (χ0) is 18.1. The van der Waals surface area contributed by atoms with Crippen molar-refractivity contribution < 1.29 is 14.7 Å². The summed E-state index contributed by atoms with van der Waals surface area (Å²) < 4.78 is 1.66. The molecule has 1 fully saturated rings. The smallest absolute Gasteiger partial charge is 0.326 e. The first-order valence-electron chi connectivity index (χ1n) is 8.47. The van der Waals surface area contributed by atoms with Gasteiger partial charge in [-0.25, -0.2) is 14.5 Å². The first-order chi connectivity index (χ1) is 11.9. The third-order valence-corrected chi connectivity index (χ3v) is 4.55. The lowest BCUT2D eigenvalue weighted by Crippen LogP contribution is -2.40. The lowest BCUT2D eigenvalue weighted by molar-refractivity contribution is -0.141. The van der Waals surface area contributed by atoms with Gasteiger partial charge in [-0.05, 0) is 37.3 Å². The van der Waals surface area contributed by atoms with Crippen LogP contribution in [0.2, 0.25) is 0 Å². The maximum absolute atomic E-state index is 12.7. The van der Waals surface area contributed by atoms with Gasteiger partial charge in [0, 0.05) is 6.54 Å². The highest BCUT2D eigenvalue weighted by atomic mass is 16.4. The summed E-state index contributed by atoms with van der Waals surface area (Å²) in [7, 11) is 0. The molecule has 1 aromatic carbocycles. The SMILES string of the molecule is Cc1nc(C(=O)N2CCCC2C(=O)O)nn1-c1ccccc1C(C)C. The van der Waals surface area contributed by atoms with E-state index >= 15 is 0 Å². The fourth-order valence-corrected chi connectivity index (χ4v) is 3.27. The van der Waals surface area contributed by atoms with E-state index in [-0.39, 0.29) is 5.82 Å². The molecule has 1 atom stereocenters. The Labute approximate surface area is 146 Å². The van der Waals surface area contributed by atoms with Crippen molar-refractivity contribution in [1.82, 2.24) is 19.7 Å². The van der Waals surface area contributed by atoms with Gasteiger partial charge in [0.2, 0.25) is 5.82 Å². The van der Waals surface area contributed by atoms with Gasteiger partial charge < -0.3 is 10.0 Å². The number of carbonyl (C=O) groups excluding carboxylic acids is 1. The summed E-state index contributed by atoms with van der Waals surface area (Å²) in [5.74, 6) is -0.457. The Morgan fingerprint density at radius 2 is 2.00 bits per heavy atom. The normalized spacial score (nSPS) is 17.3. The number of carbonyl (C=O) groups is 2. The molecule has 1 aromatic heterocycles. The molecule has 25 heavy (non-hydrogen) atoms. The number of hydrogen-bond donors (Lipinski definition) is 1. The van der Waals surface area contributed by atoms with Crippen molar-refractivity contribution in [2.75, 3.05) is 6.54 Å². The molecule has 0 aliphatic carbocycles. The molecule has 132 valence electrons. The van der Waals surface area contributed by atoms with Gasteiger partial charge in [-0.1, -0.05) is 32.0 Å². The predicted octanol–water partition coefficient (Wildman–Crippen LogP) is 2.39.